The fraction of sp³-hybridized carbons (Fsp3) is 0.222. The third kappa shape index (κ3) is 6.00. The van der Waals surface area contributed by atoms with Crippen molar-refractivity contribution in [1.82, 2.24) is 0 Å². The summed E-state index contributed by atoms with van der Waals surface area (Å²) in [6, 6.07) is 14.8. The molecule has 0 amide bonds. The standard InChI is InChI=1S/C18H18O6/c1-13-3-7-15(8-4-13)11-21-17(19)23-24-18(20)22-12-16-9-5-14(2)6-10-16/h3-10H,11-12H2,1-2H3. The lowest BCUT2D eigenvalue weighted by Gasteiger charge is -2.06. The molecule has 0 aliphatic rings. The van der Waals surface area contributed by atoms with Crippen LogP contribution in [0.3, 0.4) is 0 Å². The molecule has 0 atom stereocenters. The second-order valence-corrected chi connectivity index (χ2v) is 5.22. The molecule has 6 nitrogen and oxygen atoms in total. The van der Waals surface area contributed by atoms with Crippen molar-refractivity contribution in [3.8, 4) is 0 Å². The Kier molecular flexibility index (Phi) is 6.19. The summed E-state index contributed by atoms with van der Waals surface area (Å²) in [5.41, 5.74) is 3.78. The van der Waals surface area contributed by atoms with Gasteiger partial charge in [-0.1, -0.05) is 59.7 Å². The fourth-order valence-electron chi connectivity index (χ4n) is 1.77. The summed E-state index contributed by atoms with van der Waals surface area (Å²) in [5, 5.41) is 0. The van der Waals surface area contributed by atoms with E-state index < -0.39 is 12.3 Å². The molecule has 2 rings (SSSR count). The Balaban J connectivity index is 1.64. The molecule has 0 aliphatic carbocycles. The molecule has 6 heteroatoms. The van der Waals surface area contributed by atoms with Gasteiger partial charge in [-0.05, 0) is 25.0 Å². The molecule has 0 unspecified atom stereocenters. The molecular formula is C18H18O6. The number of benzene rings is 2. The van der Waals surface area contributed by atoms with E-state index in [0.717, 1.165) is 22.3 Å². The maximum atomic E-state index is 11.3. The molecule has 2 aromatic carbocycles. The Hall–Kier alpha value is -3.02. The molecular weight excluding hydrogens is 312 g/mol. The third-order valence-electron chi connectivity index (χ3n) is 3.13. The second-order valence-electron chi connectivity index (χ2n) is 5.22. The highest BCUT2D eigenvalue weighted by atomic mass is 17.3. The monoisotopic (exact) mass is 330 g/mol. The first-order chi connectivity index (χ1) is 11.5. The molecule has 0 aliphatic heterocycles. The van der Waals surface area contributed by atoms with E-state index in [0.29, 0.717) is 0 Å². The largest absolute Gasteiger partial charge is 0.550 e. The third-order valence-corrected chi connectivity index (χ3v) is 3.13. The van der Waals surface area contributed by atoms with Crippen molar-refractivity contribution >= 4 is 12.3 Å². The van der Waals surface area contributed by atoms with E-state index in [2.05, 4.69) is 9.78 Å². The number of hydrogen-bond donors (Lipinski definition) is 0. The van der Waals surface area contributed by atoms with Crippen LogP contribution in [0.1, 0.15) is 22.3 Å². The predicted octanol–water partition coefficient (Wildman–Crippen LogP) is 4.23. The smallest absolute Gasteiger partial charge is 0.427 e. The summed E-state index contributed by atoms with van der Waals surface area (Å²) in [6.45, 7) is 3.94. The minimum absolute atomic E-state index is 0.0148. The predicted molar refractivity (Wildman–Crippen MR) is 84.9 cm³/mol. The van der Waals surface area contributed by atoms with Crippen molar-refractivity contribution < 1.29 is 28.8 Å². The van der Waals surface area contributed by atoms with Gasteiger partial charge in [0.1, 0.15) is 13.2 Å². The van der Waals surface area contributed by atoms with Crippen molar-refractivity contribution in [3.63, 3.8) is 0 Å². The highest BCUT2D eigenvalue weighted by Crippen LogP contribution is 2.07. The molecule has 0 fully saturated rings. The molecule has 0 radical (unpaired) electrons. The number of carbonyl (C=O) groups excluding carboxylic acids is 2. The van der Waals surface area contributed by atoms with E-state index in [4.69, 9.17) is 9.47 Å². The number of hydrogen-bond acceptors (Lipinski definition) is 6. The van der Waals surface area contributed by atoms with E-state index in [1.54, 1.807) is 0 Å². The van der Waals surface area contributed by atoms with Crippen LogP contribution in [0.5, 0.6) is 0 Å². The molecule has 0 bridgehead atoms. The maximum Gasteiger partial charge on any atom is 0.550 e. The Bertz CT molecular complexity index is 614. The number of aryl methyl sites for hydroxylation is 2. The molecule has 0 N–H and O–H groups in total. The summed E-state index contributed by atoms with van der Waals surface area (Å²) < 4.78 is 9.60. The lowest BCUT2D eigenvalue weighted by molar-refractivity contribution is -0.219. The first-order valence-corrected chi connectivity index (χ1v) is 7.32. The van der Waals surface area contributed by atoms with Gasteiger partial charge in [-0.3, -0.25) is 0 Å². The molecule has 0 aromatic heterocycles. The van der Waals surface area contributed by atoms with Gasteiger partial charge in [0.05, 0.1) is 0 Å². The zero-order valence-corrected chi connectivity index (χ0v) is 13.5. The topological polar surface area (TPSA) is 71.1 Å². The molecule has 0 saturated heterocycles. The quantitative estimate of drug-likeness (QED) is 0.475. The molecule has 126 valence electrons. The van der Waals surface area contributed by atoms with Gasteiger partial charge in [0.2, 0.25) is 0 Å². The Morgan fingerprint density at radius 1 is 0.667 bits per heavy atom. The first kappa shape index (κ1) is 17.3. The summed E-state index contributed by atoms with van der Waals surface area (Å²) in [6.07, 6.45) is -2.24. The van der Waals surface area contributed by atoms with Crippen LogP contribution >= 0.6 is 0 Å². The summed E-state index contributed by atoms with van der Waals surface area (Å²) in [4.78, 5) is 31.1. The first-order valence-electron chi connectivity index (χ1n) is 7.32. The van der Waals surface area contributed by atoms with Crippen molar-refractivity contribution in [2.45, 2.75) is 27.1 Å². The van der Waals surface area contributed by atoms with Crippen LogP contribution in [0.25, 0.3) is 0 Å². The van der Waals surface area contributed by atoms with E-state index in [9.17, 15) is 9.59 Å². The lowest BCUT2D eigenvalue weighted by atomic mass is 10.2. The van der Waals surface area contributed by atoms with Crippen molar-refractivity contribution in [2.24, 2.45) is 0 Å². The summed E-state index contributed by atoms with van der Waals surface area (Å²) in [5.74, 6) is 0. The van der Waals surface area contributed by atoms with Crippen LogP contribution in [-0.4, -0.2) is 12.3 Å². The molecule has 0 saturated carbocycles. The van der Waals surface area contributed by atoms with E-state index in [1.807, 2.05) is 62.4 Å². The van der Waals surface area contributed by atoms with Crippen LogP contribution in [0.15, 0.2) is 48.5 Å². The number of rotatable bonds is 4. The highest BCUT2D eigenvalue weighted by molar-refractivity contribution is 5.63. The van der Waals surface area contributed by atoms with E-state index in [1.165, 1.54) is 0 Å². The van der Waals surface area contributed by atoms with Gasteiger partial charge in [-0.2, -0.15) is 19.4 Å². The van der Waals surface area contributed by atoms with Crippen molar-refractivity contribution in [3.05, 3.63) is 70.8 Å². The van der Waals surface area contributed by atoms with Crippen LogP contribution in [-0.2, 0) is 32.5 Å². The highest BCUT2D eigenvalue weighted by Gasteiger charge is 2.12. The summed E-state index contributed by atoms with van der Waals surface area (Å²) in [7, 11) is 0. The van der Waals surface area contributed by atoms with Gasteiger partial charge < -0.3 is 9.47 Å². The number of ether oxygens (including phenoxy) is 2. The average Bonchev–Trinajstić information content (AvgIpc) is 2.59. The van der Waals surface area contributed by atoms with Crippen LogP contribution in [0.4, 0.5) is 9.59 Å². The van der Waals surface area contributed by atoms with Crippen LogP contribution in [0, 0.1) is 13.8 Å². The Morgan fingerprint density at radius 3 is 1.33 bits per heavy atom. The number of carbonyl (C=O) groups is 2. The van der Waals surface area contributed by atoms with Gasteiger partial charge in [-0.15, -0.1) is 0 Å². The molecule has 24 heavy (non-hydrogen) atoms. The fourth-order valence-corrected chi connectivity index (χ4v) is 1.77. The molecule has 0 spiro atoms. The van der Waals surface area contributed by atoms with Crippen LogP contribution in [0.2, 0.25) is 0 Å². The Labute approximate surface area is 139 Å². The SMILES string of the molecule is Cc1ccc(COC(=O)OOC(=O)OCc2ccc(C)cc2)cc1. The van der Waals surface area contributed by atoms with Crippen molar-refractivity contribution in [1.29, 1.82) is 0 Å². The lowest BCUT2D eigenvalue weighted by Crippen LogP contribution is -2.13. The second kappa shape index (κ2) is 8.57. The van der Waals surface area contributed by atoms with E-state index in [-0.39, 0.29) is 13.2 Å². The maximum absolute atomic E-state index is 11.3. The molecule has 0 heterocycles. The normalized spacial score (nSPS) is 9.92. The Morgan fingerprint density at radius 2 is 1.00 bits per heavy atom. The van der Waals surface area contributed by atoms with Gasteiger partial charge in [0.15, 0.2) is 0 Å². The van der Waals surface area contributed by atoms with Crippen molar-refractivity contribution in [2.75, 3.05) is 0 Å². The van der Waals surface area contributed by atoms with Gasteiger partial charge >= 0.3 is 12.3 Å². The zero-order valence-electron chi connectivity index (χ0n) is 13.5. The average molecular weight is 330 g/mol. The minimum Gasteiger partial charge on any atom is -0.427 e. The van der Waals surface area contributed by atoms with Gasteiger partial charge in [-0.25, -0.2) is 0 Å². The minimum atomic E-state index is -1.12. The van der Waals surface area contributed by atoms with Gasteiger partial charge in [0.25, 0.3) is 0 Å². The summed E-state index contributed by atoms with van der Waals surface area (Å²) >= 11 is 0. The zero-order chi connectivity index (χ0) is 17.4. The van der Waals surface area contributed by atoms with Crippen LogP contribution < -0.4 is 0 Å². The van der Waals surface area contributed by atoms with Gasteiger partial charge in [0, 0.05) is 0 Å². The molecule has 2 aromatic rings. The van der Waals surface area contributed by atoms with E-state index >= 15 is 0 Å².